The lowest BCUT2D eigenvalue weighted by Crippen LogP contribution is -2.36. The van der Waals surface area contributed by atoms with E-state index in [2.05, 4.69) is 15.9 Å². The van der Waals surface area contributed by atoms with Crippen LogP contribution in [0.15, 0.2) is 21.5 Å². The SMILES string of the molecule is Cc1c(Br)cc(CN)cc1S(=O)(=O)N(C)C(C)C1CC1. The van der Waals surface area contributed by atoms with Gasteiger partial charge in [0.2, 0.25) is 10.0 Å². The molecule has 4 nitrogen and oxygen atoms in total. The average Bonchev–Trinajstić information content (AvgIpc) is 3.24. The van der Waals surface area contributed by atoms with Gasteiger partial charge in [0.05, 0.1) is 4.90 Å². The van der Waals surface area contributed by atoms with Gasteiger partial charge in [0.15, 0.2) is 0 Å². The predicted molar refractivity (Wildman–Crippen MR) is 83.9 cm³/mol. The number of nitrogens with two attached hydrogens (primary N) is 1. The molecule has 1 fully saturated rings. The Balaban J connectivity index is 2.45. The molecule has 112 valence electrons. The number of nitrogens with zero attached hydrogens (tertiary/aromatic N) is 1. The molecule has 1 saturated carbocycles. The lowest BCUT2D eigenvalue weighted by Gasteiger charge is -2.25. The first-order valence-electron chi connectivity index (χ1n) is 6.76. The Morgan fingerprint density at radius 2 is 2.05 bits per heavy atom. The Morgan fingerprint density at radius 3 is 2.55 bits per heavy atom. The van der Waals surface area contributed by atoms with E-state index >= 15 is 0 Å². The second kappa shape index (κ2) is 5.75. The molecule has 0 aromatic heterocycles. The molecule has 0 bridgehead atoms. The van der Waals surface area contributed by atoms with Crippen molar-refractivity contribution in [2.24, 2.45) is 11.7 Å². The van der Waals surface area contributed by atoms with E-state index in [4.69, 9.17) is 5.73 Å². The van der Waals surface area contributed by atoms with Gasteiger partial charge in [-0.3, -0.25) is 0 Å². The number of hydrogen-bond acceptors (Lipinski definition) is 3. The Bertz CT molecular complexity index is 612. The van der Waals surface area contributed by atoms with Crippen LogP contribution in [0.4, 0.5) is 0 Å². The Hall–Kier alpha value is -0.430. The molecular weight excluding hydrogens is 340 g/mol. The van der Waals surface area contributed by atoms with E-state index in [9.17, 15) is 8.42 Å². The van der Waals surface area contributed by atoms with Gasteiger partial charge in [-0.1, -0.05) is 15.9 Å². The fourth-order valence-electron chi connectivity index (χ4n) is 2.34. The summed E-state index contributed by atoms with van der Waals surface area (Å²) in [7, 11) is -1.81. The van der Waals surface area contributed by atoms with Crippen LogP contribution in [0.25, 0.3) is 0 Å². The molecule has 1 atom stereocenters. The highest BCUT2D eigenvalue weighted by molar-refractivity contribution is 9.10. The minimum Gasteiger partial charge on any atom is -0.326 e. The van der Waals surface area contributed by atoms with E-state index in [1.54, 1.807) is 13.1 Å². The molecule has 20 heavy (non-hydrogen) atoms. The maximum Gasteiger partial charge on any atom is 0.243 e. The molecular formula is C14H21BrN2O2S. The van der Waals surface area contributed by atoms with Crippen molar-refractivity contribution < 1.29 is 8.42 Å². The minimum atomic E-state index is -3.48. The highest BCUT2D eigenvalue weighted by Crippen LogP contribution is 2.37. The van der Waals surface area contributed by atoms with E-state index < -0.39 is 10.0 Å². The average molecular weight is 361 g/mol. The highest BCUT2D eigenvalue weighted by Gasteiger charge is 2.36. The number of hydrogen-bond donors (Lipinski definition) is 1. The van der Waals surface area contributed by atoms with Crippen LogP contribution in [0, 0.1) is 12.8 Å². The van der Waals surface area contributed by atoms with E-state index in [-0.39, 0.29) is 6.04 Å². The van der Waals surface area contributed by atoms with Gasteiger partial charge >= 0.3 is 0 Å². The molecule has 1 aromatic carbocycles. The maximum atomic E-state index is 12.8. The first-order chi connectivity index (χ1) is 9.28. The van der Waals surface area contributed by atoms with E-state index in [1.165, 1.54) is 4.31 Å². The summed E-state index contributed by atoms with van der Waals surface area (Å²) in [5, 5.41) is 0. The van der Waals surface area contributed by atoms with Gasteiger partial charge in [-0.2, -0.15) is 4.31 Å². The largest absolute Gasteiger partial charge is 0.326 e. The molecule has 2 rings (SSSR count). The van der Waals surface area contributed by atoms with Crippen LogP contribution in [0.5, 0.6) is 0 Å². The first kappa shape index (κ1) is 15.9. The van der Waals surface area contributed by atoms with E-state index in [0.29, 0.717) is 17.4 Å². The zero-order chi connectivity index (χ0) is 15.1. The van der Waals surface area contributed by atoms with Crippen LogP contribution < -0.4 is 5.73 Å². The monoisotopic (exact) mass is 360 g/mol. The standard InChI is InChI=1S/C14H21BrN2O2S/c1-9-13(15)6-11(8-16)7-14(9)20(18,19)17(3)10(2)12-4-5-12/h6-7,10,12H,4-5,8,16H2,1-3H3. The molecule has 6 heteroatoms. The van der Waals surface area contributed by atoms with Crippen LogP contribution >= 0.6 is 15.9 Å². The van der Waals surface area contributed by atoms with Crippen LogP contribution in [0.2, 0.25) is 0 Å². The molecule has 0 saturated heterocycles. The fraction of sp³-hybridized carbons (Fsp3) is 0.571. The van der Waals surface area contributed by atoms with E-state index in [1.807, 2.05) is 19.9 Å². The topological polar surface area (TPSA) is 63.4 Å². The van der Waals surface area contributed by atoms with Gasteiger partial charge in [0.25, 0.3) is 0 Å². The van der Waals surface area contributed by atoms with Gasteiger partial charge in [-0.25, -0.2) is 8.42 Å². The summed E-state index contributed by atoms with van der Waals surface area (Å²) in [5.41, 5.74) is 7.19. The van der Waals surface area contributed by atoms with Crippen molar-refractivity contribution in [3.63, 3.8) is 0 Å². The zero-order valence-electron chi connectivity index (χ0n) is 12.1. The van der Waals surface area contributed by atoms with Gasteiger partial charge in [0, 0.05) is 24.1 Å². The van der Waals surface area contributed by atoms with Crippen molar-refractivity contribution in [1.82, 2.24) is 4.31 Å². The Labute approximate surface area is 129 Å². The third-order valence-corrected chi connectivity index (χ3v) is 7.02. The second-order valence-electron chi connectivity index (χ2n) is 5.50. The summed E-state index contributed by atoms with van der Waals surface area (Å²) in [4.78, 5) is 0.349. The van der Waals surface area contributed by atoms with Gasteiger partial charge in [0.1, 0.15) is 0 Å². The summed E-state index contributed by atoms with van der Waals surface area (Å²) in [6.45, 7) is 4.11. The summed E-state index contributed by atoms with van der Waals surface area (Å²) >= 11 is 3.42. The molecule has 0 radical (unpaired) electrons. The smallest absolute Gasteiger partial charge is 0.243 e. The zero-order valence-corrected chi connectivity index (χ0v) is 14.5. The van der Waals surface area contributed by atoms with Crippen molar-refractivity contribution >= 4 is 26.0 Å². The maximum absolute atomic E-state index is 12.8. The van der Waals surface area contributed by atoms with Crippen LogP contribution in [-0.4, -0.2) is 25.8 Å². The van der Waals surface area contributed by atoms with Gasteiger partial charge < -0.3 is 5.73 Å². The fourth-order valence-corrected chi connectivity index (χ4v) is 4.70. The molecule has 0 heterocycles. The molecule has 1 aromatic rings. The quantitative estimate of drug-likeness (QED) is 0.877. The molecule has 0 aliphatic heterocycles. The molecule has 0 amide bonds. The summed E-state index contributed by atoms with van der Waals surface area (Å²) < 4.78 is 27.9. The number of sulfonamides is 1. The highest BCUT2D eigenvalue weighted by atomic mass is 79.9. The second-order valence-corrected chi connectivity index (χ2v) is 8.32. The normalized spacial score (nSPS) is 17.5. The molecule has 0 spiro atoms. The van der Waals surface area contributed by atoms with E-state index in [0.717, 1.165) is 28.4 Å². The number of halogens is 1. The lowest BCUT2D eigenvalue weighted by atomic mass is 10.1. The third-order valence-electron chi connectivity index (χ3n) is 4.13. The van der Waals surface area contributed by atoms with Crippen LogP contribution in [-0.2, 0) is 16.6 Å². The van der Waals surface area contributed by atoms with Gasteiger partial charge in [-0.15, -0.1) is 0 Å². The molecule has 1 aliphatic rings. The minimum absolute atomic E-state index is 0.0414. The molecule has 1 aliphatic carbocycles. The molecule has 2 N–H and O–H groups in total. The first-order valence-corrected chi connectivity index (χ1v) is 8.99. The summed E-state index contributed by atoms with van der Waals surface area (Å²) in [6, 6.07) is 3.60. The number of rotatable bonds is 5. The van der Waals surface area contributed by atoms with Crippen molar-refractivity contribution in [2.45, 2.75) is 44.2 Å². The van der Waals surface area contributed by atoms with Crippen molar-refractivity contribution in [1.29, 1.82) is 0 Å². The van der Waals surface area contributed by atoms with Crippen molar-refractivity contribution in [3.05, 3.63) is 27.7 Å². The Kier molecular flexibility index (Phi) is 4.59. The van der Waals surface area contributed by atoms with Crippen molar-refractivity contribution in [2.75, 3.05) is 7.05 Å². The van der Waals surface area contributed by atoms with Crippen LogP contribution in [0.1, 0.15) is 30.9 Å². The predicted octanol–water partition coefficient (Wildman–Crippen LogP) is 2.64. The molecule has 1 unspecified atom stereocenters. The number of benzene rings is 1. The van der Waals surface area contributed by atoms with Crippen LogP contribution in [0.3, 0.4) is 0 Å². The third kappa shape index (κ3) is 2.93. The lowest BCUT2D eigenvalue weighted by molar-refractivity contribution is 0.357. The van der Waals surface area contributed by atoms with Gasteiger partial charge in [-0.05, 0) is 55.9 Å². The Morgan fingerprint density at radius 1 is 1.45 bits per heavy atom. The summed E-state index contributed by atoms with van der Waals surface area (Å²) in [6.07, 6.45) is 2.24. The van der Waals surface area contributed by atoms with Crippen molar-refractivity contribution in [3.8, 4) is 0 Å². The summed E-state index contributed by atoms with van der Waals surface area (Å²) in [5.74, 6) is 0.496.